The second kappa shape index (κ2) is 5.70. The molecule has 0 spiro atoms. The highest BCUT2D eigenvalue weighted by Gasteiger charge is 2.30. The summed E-state index contributed by atoms with van der Waals surface area (Å²) in [6.45, 7) is 3.80. The fourth-order valence-electron chi connectivity index (χ4n) is 1.02. The molecule has 1 atom stereocenters. The van der Waals surface area contributed by atoms with Gasteiger partial charge in [0.1, 0.15) is 5.54 Å². The molecule has 0 aliphatic rings. The van der Waals surface area contributed by atoms with Crippen molar-refractivity contribution >= 4 is 11.9 Å². The van der Waals surface area contributed by atoms with E-state index in [1.54, 1.807) is 27.9 Å². The van der Waals surface area contributed by atoms with Crippen LogP contribution in [0.25, 0.3) is 0 Å². The Labute approximate surface area is 90.5 Å². The molecule has 0 aliphatic heterocycles. The van der Waals surface area contributed by atoms with Gasteiger partial charge in [0.05, 0.1) is 0 Å². The zero-order valence-corrected chi connectivity index (χ0v) is 9.83. The van der Waals surface area contributed by atoms with Crippen LogP contribution >= 0.6 is 0 Å². The van der Waals surface area contributed by atoms with Gasteiger partial charge in [-0.05, 0) is 13.3 Å². The van der Waals surface area contributed by atoms with Crippen LogP contribution in [0.15, 0.2) is 0 Å². The van der Waals surface area contributed by atoms with Gasteiger partial charge < -0.3 is 15.3 Å². The number of carboxylic acids is 1. The SMILES string of the molecule is CCC(C)(NCCC(=O)N(C)C)C(=O)O. The monoisotopic (exact) mass is 216 g/mol. The number of amides is 1. The second-order valence-electron chi connectivity index (χ2n) is 3.96. The van der Waals surface area contributed by atoms with Crippen molar-refractivity contribution in [1.82, 2.24) is 10.2 Å². The fraction of sp³-hybridized carbons (Fsp3) is 0.800. The summed E-state index contributed by atoms with van der Waals surface area (Å²) in [4.78, 5) is 23.6. The van der Waals surface area contributed by atoms with Crippen LogP contribution in [0.4, 0.5) is 0 Å². The number of rotatable bonds is 6. The summed E-state index contributed by atoms with van der Waals surface area (Å²) in [6.07, 6.45) is 0.800. The van der Waals surface area contributed by atoms with Gasteiger partial charge in [-0.1, -0.05) is 6.92 Å². The fourth-order valence-corrected chi connectivity index (χ4v) is 1.02. The molecule has 0 rings (SSSR count). The highest BCUT2D eigenvalue weighted by Crippen LogP contribution is 2.08. The van der Waals surface area contributed by atoms with Gasteiger partial charge in [0, 0.05) is 27.1 Å². The van der Waals surface area contributed by atoms with Gasteiger partial charge in [0.25, 0.3) is 0 Å². The highest BCUT2D eigenvalue weighted by molar-refractivity contribution is 5.78. The molecule has 1 unspecified atom stereocenters. The number of hydrogen-bond donors (Lipinski definition) is 2. The first kappa shape index (κ1) is 13.9. The lowest BCUT2D eigenvalue weighted by Gasteiger charge is -2.24. The third-order valence-corrected chi connectivity index (χ3v) is 2.53. The summed E-state index contributed by atoms with van der Waals surface area (Å²) in [5.74, 6) is -0.895. The minimum absolute atomic E-state index is 0.00802. The molecular weight excluding hydrogens is 196 g/mol. The first-order valence-electron chi connectivity index (χ1n) is 5.02. The van der Waals surface area contributed by atoms with E-state index < -0.39 is 11.5 Å². The lowest BCUT2D eigenvalue weighted by molar-refractivity contribution is -0.144. The van der Waals surface area contributed by atoms with Crippen molar-refractivity contribution in [2.45, 2.75) is 32.2 Å². The Balaban J connectivity index is 4.04. The minimum atomic E-state index is -0.938. The Morgan fingerprint density at radius 1 is 1.40 bits per heavy atom. The van der Waals surface area contributed by atoms with E-state index in [1.165, 1.54) is 4.90 Å². The van der Waals surface area contributed by atoms with Gasteiger partial charge >= 0.3 is 5.97 Å². The number of carbonyl (C=O) groups is 2. The van der Waals surface area contributed by atoms with E-state index >= 15 is 0 Å². The Bertz CT molecular complexity index is 241. The standard InChI is InChI=1S/C10H20N2O3/c1-5-10(2,9(14)15)11-7-6-8(13)12(3)4/h11H,5-7H2,1-4H3,(H,14,15). The Kier molecular flexibility index (Phi) is 5.28. The van der Waals surface area contributed by atoms with Crippen LogP contribution in [-0.2, 0) is 9.59 Å². The van der Waals surface area contributed by atoms with Crippen LogP contribution in [-0.4, -0.2) is 48.1 Å². The van der Waals surface area contributed by atoms with Gasteiger partial charge in [-0.25, -0.2) is 0 Å². The highest BCUT2D eigenvalue weighted by atomic mass is 16.4. The molecule has 0 heterocycles. The Morgan fingerprint density at radius 3 is 2.27 bits per heavy atom. The number of carbonyl (C=O) groups excluding carboxylic acids is 1. The summed E-state index contributed by atoms with van der Waals surface area (Å²) in [6, 6.07) is 0. The predicted molar refractivity (Wildman–Crippen MR) is 57.6 cm³/mol. The summed E-state index contributed by atoms with van der Waals surface area (Å²) in [5.41, 5.74) is -0.938. The summed E-state index contributed by atoms with van der Waals surface area (Å²) >= 11 is 0. The quantitative estimate of drug-likeness (QED) is 0.670. The van der Waals surface area contributed by atoms with Gasteiger partial charge in [-0.15, -0.1) is 0 Å². The molecule has 0 aromatic heterocycles. The normalized spacial score (nSPS) is 14.4. The molecule has 88 valence electrons. The van der Waals surface area contributed by atoms with Crippen molar-refractivity contribution in [3.63, 3.8) is 0 Å². The maximum absolute atomic E-state index is 11.2. The van der Waals surface area contributed by atoms with Crippen LogP contribution < -0.4 is 5.32 Å². The number of hydrogen-bond acceptors (Lipinski definition) is 3. The average Bonchev–Trinajstić information content (AvgIpc) is 2.16. The number of nitrogens with one attached hydrogen (secondary N) is 1. The average molecular weight is 216 g/mol. The van der Waals surface area contributed by atoms with E-state index in [0.29, 0.717) is 19.4 Å². The van der Waals surface area contributed by atoms with Gasteiger partial charge in [0.15, 0.2) is 0 Å². The first-order valence-corrected chi connectivity index (χ1v) is 5.02. The van der Waals surface area contributed by atoms with Crippen LogP contribution in [0.3, 0.4) is 0 Å². The van der Waals surface area contributed by atoms with E-state index in [9.17, 15) is 9.59 Å². The molecular formula is C10H20N2O3. The molecule has 0 aromatic carbocycles. The summed E-state index contributed by atoms with van der Waals surface area (Å²) in [7, 11) is 3.36. The zero-order chi connectivity index (χ0) is 12.1. The largest absolute Gasteiger partial charge is 0.480 e. The molecule has 5 nitrogen and oxygen atoms in total. The molecule has 0 aromatic rings. The number of nitrogens with zero attached hydrogens (tertiary/aromatic N) is 1. The molecule has 15 heavy (non-hydrogen) atoms. The van der Waals surface area contributed by atoms with Crippen LogP contribution in [0.5, 0.6) is 0 Å². The molecule has 0 aliphatic carbocycles. The number of carboxylic acid groups (broad SMARTS) is 1. The van der Waals surface area contributed by atoms with Crippen molar-refractivity contribution < 1.29 is 14.7 Å². The summed E-state index contributed by atoms with van der Waals surface area (Å²) < 4.78 is 0. The minimum Gasteiger partial charge on any atom is -0.480 e. The van der Waals surface area contributed by atoms with Crippen molar-refractivity contribution in [1.29, 1.82) is 0 Å². The second-order valence-corrected chi connectivity index (χ2v) is 3.96. The maximum Gasteiger partial charge on any atom is 0.323 e. The van der Waals surface area contributed by atoms with Crippen molar-refractivity contribution in [2.24, 2.45) is 0 Å². The topological polar surface area (TPSA) is 69.6 Å². The lowest BCUT2D eigenvalue weighted by Crippen LogP contribution is -2.49. The van der Waals surface area contributed by atoms with Crippen LogP contribution in [0.2, 0.25) is 0 Å². The van der Waals surface area contributed by atoms with Crippen LogP contribution in [0.1, 0.15) is 26.7 Å². The van der Waals surface area contributed by atoms with Crippen molar-refractivity contribution in [3.8, 4) is 0 Å². The van der Waals surface area contributed by atoms with Crippen LogP contribution in [0, 0.1) is 0 Å². The van der Waals surface area contributed by atoms with Gasteiger partial charge in [0.2, 0.25) is 5.91 Å². The zero-order valence-electron chi connectivity index (χ0n) is 9.83. The van der Waals surface area contributed by atoms with E-state index in [1.807, 2.05) is 0 Å². The molecule has 0 saturated carbocycles. The van der Waals surface area contributed by atoms with E-state index in [-0.39, 0.29) is 5.91 Å². The van der Waals surface area contributed by atoms with E-state index in [0.717, 1.165) is 0 Å². The van der Waals surface area contributed by atoms with Crippen molar-refractivity contribution in [2.75, 3.05) is 20.6 Å². The Hall–Kier alpha value is -1.10. The maximum atomic E-state index is 11.2. The molecule has 0 saturated heterocycles. The molecule has 0 fully saturated rings. The molecule has 1 amide bonds. The smallest absolute Gasteiger partial charge is 0.323 e. The molecule has 2 N–H and O–H groups in total. The first-order chi connectivity index (χ1) is 6.83. The molecule has 0 radical (unpaired) electrons. The predicted octanol–water partition coefficient (Wildman–Crippen LogP) is 0.308. The van der Waals surface area contributed by atoms with E-state index in [2.05, 4.69) is 5.32 Å². The van der Waals surface area contributed by atoms with Gasteiger partial charge in [-0.2, -0.15) is 0 Å². The van der Waals surface area contributed by atoms with E-state index in [4.69, 9.17) is 5.11 Å². The number of aliphatic carboxylic acids is 1. The third kappa shape index (κ3) is 4.29. The molecule has 5 heteroatoms. The van der Waals surface area contributed by atoms with Crippen molar-refractivity contribution in [3.05, 3.63) is 0 Å². The lowest BCUT2D eigenvalue weighted by atomic mass is 9.99. The molecule has 0 bridgehead atoms. The van der Waals surface area contributed by atoms with Gasteiger partial charge in [-0.3, -0.25) is 9.59 Å². The summed E-state index contributed by atoms with van der Waals surface area (Å²) in [5, 5.41) is 11.8. The third-order valence-electron chi connectivity index (χ3n) is 2.53. The Morgan fingerprint density at radius 2 is 1.93 bits per heavy atom.